The van der Waals surface area contributed by atoms with Crippen molar-refractivity contribution in [2.45, 2.75) is 32.3 Å². The Labute approximate surface area is 100 Å². The normalized spacial score (nSPS) is 19.1. The van der Waals surface area contributed by atoms with Crippen LogP contribution in [0, 0.1) is 0 Å². The number of nitrogens with zero attached hydrogens (tertiary/aromatic N) is 1. The Hall–Kier alpha value is -0.940. The molecule has 0 aromatic carbocycles. The van der Waals surface area contributed by atoms with Crippen molar-refractivity contribution in [2.75, 3.05) is 27.1 Å². The number of Topliss-reactive ketones (excluding diaryl/α,β-unsaturated/α-hetero) is 1. The van der Waals surface area contributed by atoms with Crippen molar-refractivity contribution in [3.8, 4) is 0 Å². The second-order valence-corrected chi connectivity index (χ2v) is 4.26. The molecule has 0 aliphatic heterocycles. The number of ketones is 1. The van der Waals surface area contributed by atoms with Gasteiger partial charge in [0.1, 0.15) is 19.1 Å². The van der Waals surface area contributed by atoms with Gasteiger partial charge in [-0.05, 0) is 6.42 Å². The summed E-state index contributed by atoms with van der Waals surface area (Å²) in [6.45, 7) is -0.978. The zero-order valence-electron chi connectivity index (χ0n) is 13.0. The van der Waals surface area contributed by atoms with Crippen LogP contribution in [0.4, 0.5) is 0 Å². The Balaban J connectivity index is 5.14. The highest BCUT2D eigenvalue weighted by Crippen LogP contribution is 2.05. The number of likely N-dealkylation sites (N-methyl/N-ethyl adjacent to an activating group) is 1. The van der Waals surface area contributed by atoms with E-state index in [-0.39, 0.29) is 18.7 Å². The van der Waals surface area contributed by atoms with Crippen LogP contribution in [-0.4, -0.2) is 59.7 Å². The van der Waals surface area contributed by atoms with E-state index in [4.69, 9.17) is 9.22 Å². The summed E-state index contributed by atoms with van der Waals surface area (Å²) < 4.78 is 22.6. The largest absolute Gasteiger partial charge is 0.481 e. The number of carboxylic acid groups (broad SMARTS) is 1. The van der Waals surface area contributed by atoms with Crippen molar-refractivity contribution in [1.82, 2.24) is 0 Å². The number of rotatable bonds is 8. The van der Waals surface area contributed by atoms with Crippen molar-refractivity contribution >= 4 is 11.8 Å². The minimum Gasteiger partial charge on any atom is -0.481 e. The number of carbonyl (C=O) groups is 2. The maximum Gasteiger partial charge on any atom is 0.306 e. The van der Waals surface area contributed by atoms with E-state index in [1.165, 1.54) is 14.1 Å². The highest BCUT2D eigenvalue weighted by atomic mass is 16.4. The van der Waals surface area contributed by atoms with Crippen LogP contribution in [-0.2, 0) is 9.59 Å². The third-order valence-electron chi connectivity index (χ3n) is 1.85. The first-order chi connectivity index (χ1) is 8.37. The molecule has 0 fully saturated rings. The van der Waals surface area contributed by atoms with Crippen molar-refractivity contribution in [1.29, 1.82) is 0 Å². The molecule has 0 rings (SSSR count). The first-order valence-electron chi connectivity index (χ1n) is 6.66. The lowest BCUT2D eigenvalue weighted by atomic mass is 10.2. The predicted octanol–water partition coefficient (Wildman–Crippen LogP) is 0.268. The zero-order chi connectivity index (χ0) is 15.5. The Morgan fingerprint density at radius 3 is 2.50 bits per heavy atom. The fourth-order valence-corrected chi connectivity index (χ4v) is 1.37. The van der Waals surface area contributed by atoms with Gasteiger partial charge in [-0.3, -0.25) is 9.59 Å². The van der Waals surface area contributed by atoms with E-state index in [2.05, 4.69) is 0 Å². The Kier molecular flexibility index (Phi) is 4.22. The lowest BCUT2D eigenvalue weighted by Crippen LogP contribution is -2.48. The van der Waals surface area contributed by atoms with Crippen molar-refractivity contribution in [3.05, 3.63) is 0 Å². The van der Waals surface area contributed by atoms with Gasteiger partial charge in [0.05, 0.1) is 24.6 Å². The van der Waals surface area contributed by atoms with E-state index >= 15 is 0 Å². The van der Waals surface area contributed by atoms with Crippen LogP contribution in [0.3, 0.4) is 0 Å². The first kappa shape index (κ1) is 10.2. The summed E-state index contributed by atoms with van der Waals surface area (Å²) in [6.07, 6.45) is -2.95. The molecule has 94 valence electrons. The minimum atomic E-state index is -2.81. The smallest absolute Gasteiger partial charge is 0.306 e. The summed E-state index contributed by atoms with van der Waals surface area (Å²) >= 11 is 0. The predicted molar refractivity (Wildman–Crippen MR) is 60.0 cm³/mol. The van der Waals surface area contributed by atoms with Gasteiger partial charge < -0.3 is 14.7 Å². The fourth-order valence-electron chi connectivity index (χ4n) is 1.37. The molecule has 0 saturated heterocycles. The molecule has 0 spiro atoms. The molecule has 5 heteroatoms. The number of hydrogen-bond acceptors (Lipinski definition) is 3. The van der Waals surface area contributed by atoms with Gasteiger partial charge in [-0.1, -0.05) is 6.92 Å². The standard InChI is InChI=1S/C11H21NO4/c1-4-5-9(13)7-12(2,3)8-10(14)6-11(15)16/h10,14H,4-8H2,1-3H3/p+1/i8D2,10D. The monoisotopic (exact) mass is 235 g/mol. The molecule has 0 aliphatic carbocycles. The van der Waals surface area contributed by atoms with Gasteiger partial charge in [-0.25, -0.2) is 0 Å². The molecule has 0 aromatic rings. The third kappa shape index (κ3) is 7.36. The molecule has 1 unspecified atom stereocenters. The molecule has 5 nitrogen and oxygen atoms in total. The minimum absolute atomic E-state index is 0.192. The molecular formula is C11H22NO4+. The van der Waals surface area contributed by atoms with Gasteiger partial charge in [-0.2, -0.15) is 0 Å². The number of carbonyl (C=O) groups excluding carboxylic acids is 1. The van der Waals surface area contributed by atoms with Crippen molar-refractivity contribution in [2.24, 2.45) is 0 Å². The molecular weight excluding hydrogens is 210 g/mol. The molecule has 0 aromatic heterocycles. The summed E-state index contributed by atoms with van der Waals surface area (Å²) in [5.41, 5.74) is 0. The van der Waals surface area contributed by atoms with Crippen LogP contribution in [0.15, 0.2) is 0 Å². The molecule has 0 aliphatic rings. The van der Waals surface area contributed by atoms with Crippen LogP contribution >= 0.6 is 0 Å². The van der Waals surface area contributed by atoms with E-state index in [9.17, 15) is 14.7 Å². The zero-order valence-corrected chi connectivity index (χ0v) is 9.99. The molecule has 0 radical (unpaired) electrons. The summed E-state index contributed by atoms with van der Waals surface area (Å²) in [4.78, 5) is 22.2. The van der Waals surface area contributed by atoms with Crippen molar-refractivity contribution in [3.63, 3.8) is 0 Å². The Morgan fingerprint density at radius 2 is 2.06 bits per heavy atom. The van der Waals surface area contributed by atoms with Gasteiger partial charge >= 0.3 is 5.97 Å². The summed E-state index contributed by atoms with van der Waals surface area (Å²) in [6, 6.07) is 0. The van der Waals surface area contributed by atoms with E-state index < -0.39 is 29.5 Å². The van der Waals surface area contributed by atoms with E-state index in [1.807, 2.05) is 6.92 Å². The second-order valence-electron chi connectivity index (χ2n) is 4.26. The fraction of sp³-hybridized carbons (Fsp3) is 0.818. The average molecular weight is 235 g/mol. The summed E-state index contributed by atoms with van der Waals surface area (Å²) in [5.74, 6) is -1.66. The number of carboxylic acids is 1. The van der Waals surface area contributed by atoms with Crippen LogP contribution in [0.1, 0.15) is 30.3 Å². The lowest BCUT2D eigenvalue weighted by Gasteiger charge is -2.30. The highest BCUT2D eigenvalue weighted by Gasteiger charge is 2.24. The van der Waals surface area contributed by atoms with Gasteiger partial charge in [-0.15, -0.1) is 0 Å². The maximum atomic E-state index is 11.6. The third-order valence-corrected chi connectivity index (χ3v) is 1.85. The Morgan fingerprint density at radius 1 is 1.50 bits per heavy atom. The van der Waals surface area contributed by atoms with Crippen LogP contribution in [0.5, 0.6) is 0 Å². The van der Waals surface area contributed by atoms with Crippen LogP contribution in [0.2, 0.25) is 0 Å². The number of quaternary nitrogens is 1. The number of hydrogen-bond donors (Lipinski definition) is 2. The van der Waals surface area contributed by atoms with E-state index in [0.717, 1.165) is 0 Å². The quantitative estimate of drug-likeness (QED) is 0.592. The van der Waals surface area contributed by atoms with Crippen molar-refractivity contribution < 1.29 is 28.4 Å². The van der Waals surface area contributed by atoms with E-state index in [0.29, 0.717) is 6.42 Å². The first-order valence-corrected chi connectivity index (χ1v) is 5.16. The second kappa shape index (κ2) is 6.60. The highest BCUT2D eigenvalue weighted by molar-refractivity contribution is 5.79. The lowest BCUT2D eigenvalue weighted by molar-refractivity contribution is -0.885. The van der Waals surface area contributed by atoms with Crippen LogP contribution < -0.4 is 0 Å². The molecule has 0 heterocycles. The molecule has 1 atom stereocenters. The Bertz CT molecular complexity index is 356. The summed E-state index contributed by atoms with van der Waals surface area (Å²) in [5, 5.41) is 18.4. The topological polar surface area (TPSA) is 74.6 Å². The molecule has 16 heavy (non-hydrogen) atoms. The van der Waals surface area contributed by atoms with Gasteiger partial charge in [0.25, 0.3) is 0 Å². The summed E-state index contributed by atoms with van der Waals surface area (Å²) in [7, 11) is 2.71. The molecule has 0 bridgehead atoms. The SMILES string of the molecule is [2H]C(O)(CC(=O)O)C([2H])([2H])[N+](C)(C)CC(=O)CCC. The maximum absolute atomic E-state index is 11.6. The van der Waals surface area contributed by atoms with Gasteiger partial charge in [0.15, 0.2) is 5.78 Å². The van der Waals surface area contributed by atoms with Crippen LogP contribution in [0.25, 0.3) is 0 Å². The van der Waals surface area contributed by atoms with Gasteiger partial charge in [0.2, 0.25) is 0 Å². The van der Waals surface area contributed by atoms with Gasteiger partial charge in [0, 0.05) is 6.42 Å². The molecule has 0 saturated carbocycles. The van der Waals surface area contributed by atoms with E-state index in [1.54, 1.807) is 0 Å². The average Bonchev–Trinajstić information content (AvgIpc) is 2.13. The molecule has 2 N–H and O–H groups in total. The molecule has 0 amide bonds. The number of aliphatic hydroxyl groups is 1. The number of aliphatic carboxylic acids is 1.